The SMILES string of the molecule is Cc1cccc(COc2ccc(/C(O)=C3\C(=O)C(=O)N(CCN(C)C)C3c3ccc([N+](=O)[O-])cc3)cc2)c1. The van der Waals surface area contributed by atoms with E-state index in [1.807, 2.05) is 50.2 Å². The van der Waals surface area contributed by atoms with Crippen LogP contribution in [0.1, 0.15) is 28.3 Å². The molecule has 4 rings (SSSR count). The quantitative estimate of drug-likeness (QED) is 0.147. The third-order valence-electron chi connectivity index (χ3n) is 6.36. The van der Waals surface area contributed by atoms with Gasteiger partial charge < -0.3 is 19.6 Å². The predicted molar refractivity (Wildman–Crippen MR) is 143 cm³/mol. The normalized spacial score (nSPS) is 16.7. The lowest BCUT2D eigenvalue weighted by Crippen LogP contribution is -2.35. The Bertz CT molecular complexity index is 1380. The first-order chi connectivity index (χ1) is 18.2. The zero-order chi connectivity index (χ0) is 27.4. The number of amides is 1. The smallest absolute Gasteiger partial charge is 0.295 e. The molecule has 1 aliphatic heterocycles. The standard InChI is InChI=1S/C29H29N3O6/c1-19-5-4-6-20(17-19)18-38-24-13-9-22(10-14-24)27(33)25-26(21-7-11-23(12-8-21)32(36)37)31(16-15-30(2)3)29(35)28(25)34/h4-14,17,26,33H,15-16,18H2,1-3H3/b27-25+. The molecule has 1 amide bonds. The minimum Gasteiger partial charge on any atom is -0.507 e. The van der Waals surface area contributed by atoms with Crippen LogP contribution in [0.2, 0.25) is 0 Å². The van der Waals surface area contributed by atoms with Gasteiger partial charge in [0.05, 0.1) is 16.5 Å². The molecule has 1 aliphatic rings. The fourth-order valence-electron chi connectivity index (χ4n) is 4.38. The summed E-state index contributed by atoms with van der Waals surface area (Å²) in [6, 6.07) is 19.4. The average molecular weight is 516 g/mol. The highest BCUT2D eigenvalue weighted by molar-refractivity contribution is 6.46. The number of nitrogens with zero attached hydrogens (tertiary/aromatic N) is 3. The van der Waals surface area contributed by atoms with Gasteiger partial charge in [0.2, 0.25) is 0 Å². The maximum Gasteiger partial charge on any atom is 0.295 e. The van der Waals surface area contributed by atoms with E-state index in [0.29, 0.717) is 30.0 Å². The second-order valence-corrected chi connectivity index (χ2v) is 9.45. The van der Waals surface area contributed by atoms with Crippen molar-refractivity contribution in [3.05, 3.63) is 111 Å². The molecule has 3 aromatic carbocycles. The second-order valence-electron chi connectivity index (χ2n) is 9.45. The van der Waals surface area contributed by atoms with Crippen LogP contribution < -0.4 is 4.74 Å². The highest BCUT2D eigenvalue weighted by Gasteiger charge is 2.46. The minimum absolute atomic E-state index is 0.0592. The molecule has 0 aromatic heterocycles. The largest absolute Gasteiger partial charge is 0.507 e. The van der Waals surface area contributed by atoms with Crippen LogP contribution in [0.25, 0.3) is 5.76 Å². The summed E-state index contributed by atoms with van der Waals surface area (Å²) >= 11 is 0. The summed E-state index contributed by atoms with van der Waals surface area (Å²) in [6.45, 7) is 3.12. The third kappa shape index (κ3) is 5.73. The molecule has 196 valence electrons. The fourth-order valence-corrected chi connectivity index (χ4v) is 4.38. The van der Waals surface area contributed by atoms with Crippen LogP contribution in [0.4, 0.5) is 5.69 Å². The molecule has 38 heavy (non-hydrogen) atoms. The summed E-state index contributed by atoms with van der Waals surface area (Å²) in [4.78, 5) is 40.0. The number of likely N-dealkylation sites (tertiary alicyclic amines) is 1. The molecule has 1 unspecified atom stereocenters. The molecule has 0 saturated carbocycles. The number of benzene rings is 3. The summed E-state index contributed by atoms with van der Waals surface area (Å²) in [5, 5.41) is 22.4. The lowest BCUT2D eigenvalue weighted by Gasteiger charge is -2.26. The lowest BCUT2D eigenvalue weighted by atomic mass is 9.95. The van der Waals surface area contributed by atoms with Gasteiger partial charge in [-0.25, -0.2) is 0 Å². The van der Waals surface area contributed by atoms with E-state index < -0.39 is 22.7 Å². The van der Waals surface area contributed by atoms with Crippen molar-refractivity contribution in [2.24, 2.45) is 0 Å². The number of nitro groups is 1. The van der Waals surface area contributed by atoms with Gasteiger partial charge in [-0.2, -0.15) is 0 Å². The van der Waals surface area contributed by atoms with Crippen LogP contribution in [0.5, 0.6) is 5.75 Å². The molecule has 0 radical (unpaired) electrons. The van der Waals surface area contributed by atoms with E-state index in [1.165, 1.54) is 29.2 Å². The van der Waals surface area contributed by atoms with E-state index in [2.05, 4.69) is 0 Å². The molecule has 0 aliphatic carbocycles. The highest BCUT2D eigenvalue weighted by Crippen LogP contribution is 2.39. The van der Waals surface area contributed by atoms with Gasteiger partial charge in [0.1, 0.15) is 18.1 Å². The first-order valence-corrected chi connectivity index (χ1v) is 12.1. The Kier molecular flexibility index (Phi) is 7.87. The Morgan fingerprint density at radius 1 is 1.05 bits per heavy atom. The second kappa shape index (κ2) is 11.3. The number of rotatable bonds is 9. The highest BCUT2D eigenvalue weighted by atomic mass is 16.6. The summed E-state index contributed by atoms with van der Waals surface area (Å²) in [5.74, 6) is -1.26. The van der Waals surface area contributed by atoms with Gasteiger partial charge in [-0.1, -0.05) is 29.8 Å². The number of non-ortho nitro benzene ring substituents is 1. The zero-order valence-electron chi connectivity index (χ0n) is 21.5. The average Bonchev–Trinajstić information content (AvgIpc) is 3.15. The van der Waals surface area contributed by atoms with Crippen molar-refractivity contribution in [2.45, 2.75) is 19.6 Å². The van der Waals surface area contributed by atoms with E-state index in [4.69, 9.17) is 4.74 Å². The zero-order valence-corrected chi connectivity index (χ0v) is 21.5. The molecule has 0 bridgehead atoms. The molecule has 9 nitrogen and oxygen atoms in total. The van der Waals surface area contributed by atoms with Crippen LogP contribution in [-0.2, 0) is 16.2 Å². The predicted octanol–water partition coefficient (Wildman–Crippen LogP) is 4.47. The van der Waals surface area contributed by atoms with Crippen LogP contribution >= 0.6 is 0 Å². The van der Waals surface area contributed by atoms with Crippen molar-refractivity contribution < 1.29 is 24.4 Å². The number of carbonyl (C=O) groups excluding carboxylic acids is 2. The molecular weight excluding hydrogens is 486 g/mol. The number of aliphatic hydroxyl groups is 1. The first-order valence-electron chi connectivity index (χ1n) is 12.1. The van der Waals surface area contributed by atoms with E-state index in [0.717, 1.165) is 11.1 Å². The number of ketones is 1. The van der Waals surface area contributed by atoms with Crippen LogP contribution in [0, 0.1) is 17.0 Å². The Balaban J connectivity index is 1.66. The van der Waals surface area contributed by atoms with Crippen molar-refractivity contribution in [3.8, 4) is 5.75 Å². The van der Waals surface area contributed by atoms with E-state index in [1.54, 1.807) is 24.3 Å². The molecule has 9 heteroatoms. The molecule has 0 spiro atoms. The van der Waals surface area contributed by atoms with Gasteiger partial charge in [-0.3, -0.25) is 19.7 Å². The number of hydrogen-bond acceptors (Lipinski definition) is 7. The van der Waals surface area contributed by atoms with Crippen molar-refractivity contribution in [1.29, 1.82) is 0 Å². The number of aliphatic hydroxyl groups excluding tert-OH is 1. The van der Waals surface area contributed by atoms with Gasteiger partial charge >= 0.3 is 0 Å². The van der Waals surface area contributed by atoms with Gasteiger partial charge in [0.25, 0.3) is 17.4 Å². The summed E-state index contributed by atoms with van der Waals surface area (Å²) in [7, 11) is 3.69. The molecule has 1 atom stereocenters. The van der Waals surface area contributed by atoms with Crippen LogP contribution in [0.3, 0.4) is 0 Å². The molecule has 3 aromatic rings. The lowest BCUT2D eigenvalue weighted by molar-refractivity contribution is -0.384. The maximum atomic E-state index is 13.1. The Morgan fingerprint density at radius 3 is 2.34 bits per heavy atom. The van der Waals surface area contributed by atoms with Crippen molar-refractivity contribution in [2.75, 3.05) is 27.2 Å². The van der Waals surface area contributed by atoms with E-state index in [-0.39, 0.29) is 23.6 Å². The summed E-state index contributed by atoms with van der Waals surface area (Å²) in [5.41, 5.74) is 2.84. The van der Waals surface area contributed by atoms with Gasteiger partial charge in [0, 0.05) is 30.8 Å². The first kappa shape index (κ1) is 26.6. The number of aryl methyl sites for hydroxylation is 1. The number of ether oxygens (including phenoxy) is 1. The molecule has 1 heterocycles. The van der Waals surface area contributed by atoms with Crippen molar-refractivity contribution >= 4 is 23.1 Å². The minimum atomic E-state index is -0.881. The summed E-state index contributed by atoms with van der Waals surface area (Å²) < 4.78 is 5.85. The van der Waals surface area contributed by atoms with Crippen LogP contribution in [-0.4, -0.2) is 58.7 Å². The Labute approximate surface area is 220 Å². The monoisotopic (exact) mass is 515 g/mol. The van der Waals surface area contributed by atoms with Crippen molar-refractivity contribution in [3.63, 3.8) is 0 Å². The Morgan fingerprint density at radius 2 is 1.74 bits per heavy atom. The maximum absolute atomic E-state index is 13.1. The van der Waals surface area contributed by atoms with Gasteiger partial charge in [0.15, 0.2) is 0 Å². The van der Waals surface area contributed by atoms with Crippen molar-refractivity contribution in [1.82, 2.24) is 9.80 Å². The summed E-state index contributed by atoms with van der Waals surface area (Å²) in [6.07, 6.45) is 0. The molecule has 1 saturated heterocycles. The van der Waals surface area contributed by atoms with Gasteiger partial charge in [-0.15, -0.1) is 0 Å². The molecular formula is C29H29N3O6. The number of likely N-dealkylation sites (N-methyl/N-ethyl adjacent to an activating group) is 1. The van der Waals surface area contributed by atoms with E-state index in [9.17, 15) is 24.8 Å². The van der Waals surface area contributed by atoms with Gasteiger partial charge in [-0.05, 0) is 68.5 Å². The number of carbonyl (C=O) groups is 2. The number of nitro benzene ring substituents is 1. The molecule has 1 N–H and O–H groups in total. The number of hydrogen-bond donors (Lipinski definition) is 1. The van der Waals surface area contributed by atoms with E-state index >= 15 is 0 Å². The topological polar surface area (TPSA) is 113 Å². The number of Topliss-reactive ketones (excluding diaryl/α,β-unsaturated/α-hetero) is 1. The van der Waals surface area contributed by atoms with Crippen LogP contribution in [0.15, 0.2) is 78.4 Å². The fraction of sp³-hybridized carbons (Fsp3) is 0.241. The third-order valence-corrected chi connectivity index (χ3v) is 6.36. The molecule has 1 fully saturated rings. The Hall–Kier alpha value is -4.50.